The van der Waals surface area contributed by atoms with Crippen LogP contribution in [0.4, 0.5) is 5.00 Å². The number of unbranched alkanes of at least 4 members (excludes halogenated alkanes) is 6. The molecule has 1 aromatic rings. The number of rotatable bonds is 10. The molecule has 0 unspecified atom stereocenters. The SMILES string of the molecule is CCCCCCCCCC(=O)Nc1sc2c(c1C(=O)OC)CCCC2. The van der Waals surface area contributed by atoms with Crippen LogP contribution in [0.15, 0.2) is 0 Å². The third-order valence-corrected chi connectivity index (χ3v) is 6.03. The number of hydrogen-bond donors (Lipinski definition) is 1. The van der Waals surface area contributed by atoms with E-state index in [1.807, 2.05) is 0 Å². The number of esters is 1. The van der Waals surface area contributed by atoms with Crippen LogP contribution in [0.1, 0.15) is 91.9 Å². The summed E-state index contributed by atoms with van der Waals surface area (Å²) in [4.78, 5) is 25.7. The van der Waals surface area contributed by atoms with Gasteiger partial charge in [-0.2, -0.15) is 0 Å². The van der Waals surface area contributed by atoms with Crippen LogP contribution in [-0.2, 0) is 22.4 Å². The molecule has 1 aromatic heterocycles. The largest absolute Gasteiger partial charge is 0.465 e. The molecule has 1 N–H and O–H groups in total. The number of hydrogen-bond acceptors (Lipinski definition) is 4. The normalized spacial score (nSPS) is 13.4. The third-order valence-electron chi connectivity index (χ3n) is 4.82. The van der Waals surface area contributed by atoms with Gasteiger partial charge in [0, 0.05) is 11.3 Å². The number of thiophene rings is 1. The maximum atomic E-state index is 12.3. The van der Waals surface area contributed by atoms with Crippen molar-refractivity contribution in [2.24, 2.45) is 0 Å². The highest BCUT2D eigenvalue weighted by Crippen LogP contribution is 2.38. The van der Waals surface area contributed by atoms with Crippen molar-refractivity contribution >= 4 is 28.2 Å². The molecule has 0 aliphatic heterocycles. The number of carbonyl (C=O) groups is 2. The molecule has 5 heteroatoms. The number of amides is 1. The number of aryl methyl sites for hydroxylation is 1. The fraction of sp³-hybridized carbons (Fsp3) is 0.700. The first kappa shape index (κ1) is 20.0. The summed E-state index contributed by atoms with van der Waals surface area (Å²) in [5, 5.41) is 3.66. The highest BCUT2D eigenvalue weighted by molar-refractivity contribution is 7.17. The Morgan fingerprint density at radius 2 is 1.72 bits per heavy atom. The van der Waals surface area contributed by atoms with Gasteiger partial charge in [0.05, 0.1) is 12.7 Å². The van der Waals surface area contributed by atoms with Crippen molar-refractivity contribution in [3.05, 3.63) is 16.0 Å². The van der Waals surface area contributed by atoms with E-state index in [0.717, 1.165) is 44.1 Å². The molecule has 0 saturated carbocycles. The summed E-state index contributed by atoms with van der Waals surface area (Å²) in [5.41, 5.74) is 1.68. The van der Waals surface area contributed by atoms with Crippen LogP contribution in [0, 0.1) is 0 Å². The summed E-state index contributed by atoms with van der Waals surface area (Å²) in [6, 6.07) is 0. The number of methoxy groups -OCH3 is 1. The molecule has 0 bridgehead atoms. The lowest BCUT2D eigenvalue weighted by molar-refractivity contribution is -0.116. The first-order valence-corrected chi connectivity index (χ1v) is 10.5. The second kappa shape index (κ2) is 10.6. The van der Waals surface area contributed by atoms with E-state index >= 15 is 0 Å². The average Bonchev–Trinajstić information content (AvgIpc) is 2.98. The molecule has 0 spiro atoms. The van der Waals surface area contributed by atoms with Gasteiger partial charge in [-0.25, -0.2) is 4.79 Å². The van der Waals surface area contributed by atoms with Crippen molar-refractivity contribution in [2.45, 2.75) is 84.0 Å². The highest BCUT2D eigenvalue weighted by atomic mass is 32.1. The van der Waals surface area contributed by atoms with E-state index in [1.54, 1.807) is 11.3 Å². The van der Waals surface area contributed by atoms with Gasteiger partial charge in [-0.1, -0.05) is 45.4 Å². The zero-order valence-electron chi connectivity index (χ0n) is 15.6. The Morgan fingerprint density at radius 1 is 1.04 bits per heavy atom. The standard InChI is InChI=1S/C20H31NO3S/c1-3-4-5-6-7-8-9-14-17(22)21-19-18(20(23)24-2)15-12-10-11-13-16(15)25-19/h3-14H2,1-2H3,(H,21,22). The fourth-order valence-corrected chi connectivity index (χ4v) is 4.70. The second-order valence-corrected chi connectivity index (χ2v) is 7.93. The first-order chi connectivity index (χ1) is 12.2. The predicted molar refractivity (Wildman–Crippen MR) is 104 cm³/mol. The molecular formula is C20H31NO3S. The van der Waals surface area contributed by atoms with Gasteiger partial charge in [0.25, 0.3) is 0 Å². The lowest BCUT2D eigenvalue weighted by atomic mass is 9.95. The van der Waals surface area contributed by atoms with Crippen molar-refractivity contribution < 1.29 is 14.3 Å². The van der Waals surface area contributed by atoms with Gasteiger partial charge in [-0.3, -0.25) is 4.79 Å². The van der Waals surface area contributed by atoms with Crippen molar-refractivity contribution in [2.75, 3.05) is 12.4 Å². The van der Waals surface area contributed by atoms with Crippen LogP contribution in [0.5, 0.6) is 0 Å². The van der Waals surface area contributed by atoms with Crippen molar-refractivity contribution in [3.63, 3.8) is 0 Å². The minimum absolute atomic E-state index is 0.0114. The second-order valence-electron chi connectivity index (χ2n) is 6.83. The molecule has 0 saturated heterocycles. The van der Waals surface area contributed by atoms with Crippen LogP contribution in [-0.4, -0.2) is 19.0 Å². The number of carbonyl (C=O) groups excluding carboxylic acids is 2. The zero-order chi connectivity index (χ0) is 18.1. The molecule has 25 heavy (non-hydrogen) atoms. The van der Waals surface area contributed by atoms with E-state index in [9.17, 15) is 9.59 Å². The van der Waals surface area contributed by atoms with Gasteiger partial charge in [0.15, 0.2) is 0 Å². The minimum Gasteiger partial charge on any atom is -0.465 e. The molecule has 0 atom stereocenters. The molecule has 2 rings (SSSR count). The van der Waals surface area contributed by atoms with Crippen molar-refractivity contribution in [3.8, 4) is 0 Å². The molecule has 140 valence electrons. The van der Waals surface area contributed by atoms with Crippen LogP contribution in [0.2, 0.25) is 0 Å². The molecule has 1 aliphatic carbocycles. The maximum absolute atomic E-state index is 12.3. The van der Waals surface area contributed by atoms with Gasteiger partial charge in [0.1, 0.15) is 5.00 Å². The van der Waals surface area contributed by atoms with E-state index in [-0.39, 0.29) is 11.9 Å². The summed E-state index contributed by atoms with van der Waals surface area (Å²) in [6.07, 6.45) is 13.0. The Hall–Kier alpha value is -1.36. The predicted octanol–water partition coefficient (Wildman–Crippen LogP) is 5.49. The third kappa shape index (κ3) is 5.84. The van der Waals surface area contributed by atoms with Crippen molar-refractivity contribution in [1.29, 1.82) is 0 Å². The van der Waals surface area contributed by atoms with E-state index in [0.29, 0.717) is 17.0 Å². The zero-order valence-corrected chi connectivity index (χ0v) is 16.4. The van der Waals surface area contributed by atoms with Crippen molar-refractivity contribution in [1.82, 2.24) is 0 Å². The van der Waals surface area contributed by atoms with Crippen LogP contribution in [0.25, 0.3) is 0 Å². The van der Waals surface area contributed by atoms with Gasteiger partial charge in [-0.05, 0) is 37.7 Å². The Labute approximate surface area is 155 Å². The Bertz CT molecular complexity index is 580. The Kier molecular flexibility index (Phi) is 8.45. The molecule has 1 aliphatic rings. The summed E-state index contributed by atoms with van der Waals surface area (Å²) in [6.45, 7) is 2.22. The van der Waals surface area contributed by atoms with Crippen LogP contribution >= 0.6 is 11.3 Å². The topological polar surface area (TPSA) is 55.4 Å². The Balaban J connectivity index is 1.86. The first-order valence-electron chi connectivity index (χ1n) is 9.70. The number of ether oxygens (including phenoxy) is 1. The monoisotopic (exact) mass is 365 g/mol. The summed E-state index contributed by atoms with van der Waals surface area (Å²) < 4.78 is 4.94. The maximum Gasteiger partial charge on any atom is 0.341 e. The molecule has 1 amide bonds. The van der Waals surface area contributed by atoms with Crippen LogP contribution < -0.4 is 5.32 Å². The molecule has 1 heterocycles. The van der Waals surface area contributed by atoms with E-state index in [1.165, 1.54) is 44.1 Å². The quantitative estimate of drug-likeness (QED) is 0.440. The van der Waals surface area contributed by atoms with E-state index in [2.05, 4.69) is 12.2 Å². The van der Waals surface area contributed by atoms with Gasteiger partial charge >= 0.3 is 5.97 Å². The molecule has 0 aromatic carbocycles. The number of nitrogens with one attached hydrogen (secondary N) is 1. The smallest absolute Gasteiger partial charge is 0.341 e. The van der Waals surface area contributed by atoms with Crippen LogP contribution in [0.3, 0.4) is 0 Å². The summed E-state index contributed by atoms with van der Waals surface area (Å²) >= 11 is 1.55. The molecule has 0 radical (unpaired) electrons. The van der Waals surface area contributed by atoms with E-state index in [4.69, 9.17) is 4.74 Å². The van der Waals surface area contributed by atoms with Gasteiger partial charge in [0.2, 0.25) is 5.91 Å². The molecule has 4 nitrogen and oxygen atoms in total. The molecular weight excluding hydrogens is 334 g/mol. The number of anilines is 1. The lowest BCUT2D eigenvalue weighted by Crippen LogP contribution is -2.14. The fourth-order valence-electron chi connectivity index (χ4n) is 3.40. The van der Waals surface area contributed by atoms with E-state index < -0.39 is 0 Å². The van der Waals surface area contributed by atoms with Gasteiger partial charge in [-0.15, -0.1) is 11.3 Å². The highest BCUT2D eigenvalue weighted by Gasteiger charge is 2.26. The molecule has 0 fully saturated rings. The summed E-state index contributed by atoms with van der Waals surface area (Å²) in [5.74, 6) is -0.317. The van der Waals surface area contributed by atoms with Gasteiger partial charge < -0.3 is 10.1 Å². The minimum atomic E-state index is -0.328. The Morgan fingerprint density at radius 3 is 2.44 bits per heavy atom. The lowest BCUT2D eigenvalue weighted by Gasteiger charge is -2.11. The number of fused-ring (bicyclic) bond motifs is 1. The average molecular weight is 366 g/mol. The summed E-state index contributed by atoms with van der Waals surface area (Å²) in [7, 11) is 1.40.